The molecule has 0 atom stereocenters. The molecule has 0 bridgehead atoms. The first-order valence-corrected chi connectivity index (χ1v) is 7.03. The second kappa shape index (κ2) is 10.1. The number of rotatable bonds is 10. The van der Waals surface area contributed by atoms with E-state index in [0.29, 0.717) is 19.8 Å². The first-order valence-electron chi connectivity index (χ1n) is 7.03. The smallest absolute Gasteiger partial charge is 0.250 e. The number of aliphatic hydroxyl groups excluding tert-OH is 1. The van der Waals surface area contributed by atoms with Crippen molar-refractivity contribution in [1.29, 1.82) is 0 Å². The van der Waals surface area contributed by atoms with Crippen molar-refractivity contribution in [2.24, 2.45) is 0 Å². The lowest BCUT2D eigenvalue weighted by Crippen LogP contribution is -2.26. The zero-order chi connectivity index (χ0) is 15.5. The Hall–Kier alpha value is -1.63. The molecule has 0 radical (unpaired) electrons. The average molecular weight is 296 g/mol. The van der Waals surface area contributed by atoms with Gasteiger partial charge in [-0.1, -0.05) is 0 Å². The minimum Gasteiger partial charge on any atom is -0.395 e. The highest BCUT2D eigenvalue weighted by molar-refractivity contribution is 5.91. The second-order valence-corrected chi connectivity index (χ2v) is 4.44. The number of carbonyl (C=O) groups excluding carboxylic acids is 1. The SMILES string of the molecule is CCN(CCO)c1ccc(NC(=O)COCCOC)cc1. The molecule has 21 heavy (non-hydrogen) atoms. The van der Waals surface area contributed by atoms with Crippen LogP contribution in [0.4, 0.5) is 11.4 Å². The molecule has 118 valence electrons. The molecule has 0 fully saturated rings. The number of nitrogens with one attached hydrogen (secondary N) is 1. The Bertz CT molecular complexity index is 409. The Kier molecular flexibility index (Phi) is 8.42. The molecule has 1 aromatic rings. The zero-order valence-electron chi connectivity index (χ0n) is 12.7. The fraction of sp³-hybridized carbons (Fsp3) is 0.533. The van der Waals surface area contributed by atoms with Crippen LogP contribution in [-0.4, -0.2) is 57.6 Å². The molecular formula is C15H24N2O4. The highest BCUT2D eigenvalue weighted by Gasteiger charge is 2.05. The molecule has 0 aliphatic heterocycles. The number of hydrogen-bond donors (Lipinski definition) is 2. The van der Waals surface area contributed by atoms with Crippen molar-refractivity contribution < 1.29 is 19.4 Å². The number of amides is 1. The van der Waals surface area contributed by atoms with Crippen molar-refractivity contribution >= 4 is 17.3 Å². The van der Waals surface area contributed by atoms with Crippen LogP contribution in [0, 0.1) is 0 Å². The number of methoxy groups -OCH3 is 1. The van der Waals surface area contributed by atoms with Crippen LogP contribution >= 0.6 is 0 Å². The first-order chi connectivity index (χ1) is 10.2. The molecule has 0 saturated carbocycles. The molecule has 1 aromatic carbocycles. The number of likely N-dealkylation sites (N-methyl/N-ethyl adjacent to an activating group) is 1. The average Bonchev–Trinajstić information content (AvgIpc) is 2.50. The third kappa shape index (κ3) is 6.57. The standard InChI is InChI=1S/C15H24N2O4/c1-3-17(8-9-18)14-6-4-13(5-7-14)16-15(19)12-21-11-10-20-2/h4-7,18H,3,8-12H2,1-2H3,(H,16,19). The van der Waals surface area contributed by atoms with Crippen LogP contribution in [0.3, 0.4) is 0 Å². The first kappa shape index (κ1) is 17.4. The van der Waals surface area contributed by atoms with Gasteiger partial charge in [0.1, 0.15) is 6.61 Å². The number of aliphatic hydroxyl groups is 1. The van der Waals surface area contributed by atoms with E-state index >= 15 is 0 Å². The summed E-state index contributed by atoms with van der Waals surface area (Å²) in [4.78, 5) is 13.7. The summed E-state index contributed by atoms with van der Waals surface area (Å²) in [6.07, 6.45) is 0. The molecule has 1 rings (SSSR count). The minimum atomic E-state index is -0.193. The van der Waals surface area contributed by atoms with Crippen molar-refractivity contribution in [1.82, 2.24) is 0 Å². The van der Waals surface area contributed by atoms with Crippen LogP contribution in [0.25, 0.3) is 0 Å². The van der Waals surface area contributed by atoms with Crippen molar-refractivity contribution in [3.8, 4) is 0 Å². The number of benzene rings is 1. The van der Waals surface area contributed by atoms with Gasteiger partial charge in [0.05, 0.1) is 19.8 Å². The molecule has 0 spiro atoms. The Morgan fingerprint density at radius 1 is 1.29 bits per heavy atom. The summed E-state index contributed by atoms with van der Waals surface area (Å²) in [5.41, 5.74) is 1.74. The zero-order valence-corrected chi connectivity index (χ0v) is 12.7. The summed E-state index contributed by atoms with van der Waals surface area (Å²) >= 11 is 0. The van der Waals surface area contributed by atoms with Gasteiger partial charge < -0.3 is 24.8 Å². The molecule has 0 unspecified atom stereocenters. The molecule has 0 heterocycles. The van der Waals surface area contributed by atoms with Gasteiger partial charge in [-0.3, -0.25) is 4.79 Å². The van der Waals surface area contributed by atoms with Crippen LogP contribution in [-0.2, 0) is 14.3 Å². The lowest BCUT2D eigenvalue weighted by atomic mass is 10.2. The third-order valence-electron chi connectivity index (χ3n) is 2.93. The quantitative estimate of drug-likeness (QED) is 0.633. The van der Waals surface area contributed by atoms with Gasteiger partial charge in [-0.05, 0) is 31.2 Å². The number of anilines is 2. The van der Waals surface area contributed by atoms with Gasteiger partial charge in [0.15, 0.2) is 0 Å². The van der Waals surface area contributed by atoms with Crippen molar-refractivity contribution in [2.75, 3.05) is 56.8 Å². The molecule has 0 aliphatic carbocycles. The largest absolute Gasteiger partial charge is 0.395 e. The lowest BCUT2D eigenvalue weighted by molar-refractivity contribution is -0.121. The van der Waals surface area contributed by atoms with Crippen LogP contribution in [0.1, 0.15) is 6.92 Å². The van der Waals surface area contributed by atoms with E-state index in [2.05, 4.69) is 10.2 Å². The van der Waals surface area contributed by atoms with E-state index in [1.807, 2.05) is 31.2 Å². The van der Waals surface area contributed by atoms with Gasteiger partial charge in [-0.2, -0.15) is 0 Å². The van der Waals surface area contributed by atoms with Crippen molar-refractivity contribution in [2.45, 2.75) is 6.92 Å². The van der Waals surface area contributed by atoms with E-state index < -0.39 is 0 Å². The molecular weight excluding hydrogens is 272 g/mol. The normalized spacial score (nSPS) is 10.4. The summed E-state index contributed by atoms with van der Waals surface area (Å²) < 4.78 is 9.98. The third-order valence-corrected chi connectivity index (χ3v) is 2.93. The highest BCUT2D eigenvalue weighted by atomic mass is 16.5. The number of ether oxygens (including phenoxy) is 2. The Morgan fingerprint density at radius 2 is 2.00 bits per heavy atom. The van der Waals surface area contributed by atoms with Gasteiger partial charge in [0.25, 0.3) is 0 Å². The number of hydrogen-bond acceptors (Lipinski definition) is 5. The van der Waals surface area contributed by atoms with Crippen LogP contribution in [0.2, 0.25) is 0 Å². The van der Waals surface area contributed by atoms with Gasteiger partial charge in [-0.25, -0.2) is 0 Å². The Labute approximate surface area is 125 Å². The molecule has 0 saturated heterocycles. The van der Waals surface area contributed by atoms with Crippen molar-refractivity contribution in [3.63, 3.8) is 0 Å². The highest BCUT2D eigenvalue weighted by Crippen LogP contribution is 2.17. The van der Waals surface area contributed by atoms with E-state index in [1.54, 1.807) is 7.11 Å². The van der Waals surface area contributed by atoms with Gasteiger partial charge in [-0.15, -0.1) is 0 Å². The van der Waals surface area contributed by atoms with E-state index in [4.69, 9.17) is 14.6 Å². The minimum absolute atomic E-state index is 0.0106. The summed E-state index contributed by atoms with van der Waals surface area (Å²) in [5.74, 6) is -0.193. The fourth-order valence-electron chi connectivity index (χ4n) is 1.85. The van der Waals surface area contributed by atoms with E-state index in [1.165, 1.54) is 0 Å². The molecule has 0 aromatic heterocycles. The van der Waals surface area contributed by atoms with Gasteiger partial charge in [0, 0.05) is 31.6 Å². The maximum Gasteiger partial charge on any atom is 0.250 e. The maximum absolute atomic E-state index is 11.6. The monoisotopic (exact) mass is 296 g/mol. The second-order valence-electron chi connectivity index (χ2n) is 4.44. The van der Waals surface area contributed by atoms with Crippen molar-refractivity contribution in [3.05, 3.63) is 24.3 Å². The van der Waals surface area contributed by atoms with Gasteiger partial charge >= 0.3 is 0 Å². The topological polar surface area (TPSA) is 71.0 Å². The lowest BCUT2D eigenvalue weighted by Gasteiger charge is -2.22. The number of carbonyl (C=O) groups is 1. The Balaban J connectivity index is 2.44. The molecule has 1 amide bonds. The van der Waals surface area contributed by atoms with Crippen LogP contribution in [0.5, 0.6) is 0 Å². The Morgan fingerprint density at radius 3 is 2.57 bits per heavy atom. The fourth-order valence-corrected chi connectivity index (χ4v) is 1.85. The molecule has 6 nitrogen and oxygen atoms in total. The van der Waals surface area contributed by atoms with E-state index in [9.17, 15) is 4.79 Å². The van der Waals surface area contributed by atoms with E-state index in [-0.39, 0.29) is 19.1 Å². The number of nitrogens with zero attached hydrogens (tertiary/aromatic N) is 1. The van der Waals surface area contributed by atoms with Crippen LogP contribution in [0.15, 0.2) is 24.3 Å². The summed E-state index contributed by atoms with van der Waals surface area (Å²) in [6.45, 7) is 4.44. The predicted molar refractivity (Wildman–Crippen MR) is 82.7 cm³/mol. The molecule has 2 N–H and O–H groups in total. The summed E-state index contributed by atoms with van der Waals surface area (Å²) in [5, 5.41) is 11.8. The van der Waals surface area contributed by atoms with E-state index in [0.717, 1.165) is 17.9 Å². The molecule has 0 aliphatic rings. The summed E-state index contributed by atoms with van der Waals surface area (Å²) in [7, 11) is 1.58. The maximum atomic E-state index is 11.6. The summed E-state index contributed by atoms with van der Waals surface area (Å²) in [6, 6.07) is 7.51. The molecule has 6 heteroatoms. The predicted octanol–water partition coefficient (Wildman–Crippen LogP) is 1.11. The van der Waals surface area contributed by atoms with Gasteiger partial charge in [0.2, 0.25) is 5.91 Å². The van der Waals surface area contributed by atoms with Crippen LogP contribution < -0.4 is 10.2 Å².